The molecular weight excluding hydrogens is 335 g/mol. The molecular formula is C19H23FN4O2. The summed E-state index contributed by atoms with van der Waals surface area (Å²) in [5.41, 5.74) is 2.96. The monoisotopic (exact) mass is 358 g/mol. The molecule has 1 aromatic heterocycles. The Kier molecular flexibility index (Phi) is 4.53. The summed E-state index contributed by atoms with van der Waals surface area (Å²) >= 11 is 0. The number of benzene rings is 1. The van der Waals surface area contributed by atoms with Crippen molar-refractivity contribution in [1.29, 1.82) is 0 Å². The minimum Gasteiger partial charge on any atom is -0.493 e. The lowest BCUT2D eigenvalue weighted by Gasteiger charge is -2.25. The van der Waals surface area contributed by atoms with E-state index in [2.05, 4.69) is 15.7 Å². The van der Waals surface area contributed by atoms with Crippen LogP contribution < -0.4 is 15.4 Å². The molecule has 26 heavy (non-hydrogen) atoms. The van der Waals surface area contributed by atoms with Gasteiger partial charge in [-0.3, -0.25) is 4.68 Å². The van der Waals surface area contributed by atoms with Crippen molar-refractivity contribution >= 4 is 6.03 Å². The van der Waals surface area contributed by atoms with E-state index in [4.69, 9.17) is 4.74 Å². The Balaban J connectivity index is 1.48. The van der Waals surface area contributed by atoms with Gasteiger partial charge in [-0.1, -0.05) is 0 Å². The van der Waals surface area contributed by atoms with E-state index < -0.39 is 0 Å². The third kappa shape index (κ3) is 3.25. The lowest BCUT2D eigenvalue weighted by molar-refractivity contribution is 0.230. The van der Waals surface area contributed by atoms with Crippen molar-refractivity contribution in [3.8, 4) is 5.75 Å². The summed E-state index contributed by atoms with van der Waals surface area (Å²) in [5.74, 6) is 0.315. The van der Waals surface area contributed by atoms with Gasteiger partial charge in [0.2, 0.25) is 0 Å². The van der Waals surface area contributed by atoms with Gasteiger partial charge >= 0.3 is 6.03 Å². The number of aromatic nitrogens is 2. The summed E-state index contributed by atoms with van der Waals surface area (Å²) in [7, 11) is 1.93. The Labute approximate surface area is 151 Å². The van der Waals surface area contributed by atoms with Crippen molar-refractivity contribution in [3.05, 3.63) is 47.0 Å². The predicted octanol–water partition coefficient (Wildman–Crippen LogP) is 3.15. The molecule has 1 aliphatic heterocycles. The lowest BCUT2D eigenvalue weighted by atomic mass is 9.93. The molecule has 138 valence electrons. The molecule has 2 atom stereocenters. The average Bonchev–Trinajstić information content (AvgIpc) is 2.89. The quantitative estimate of drug-likeness (QED) is 0.867. The van der Waals surface area contributed by atoms with Gasteiger partial charge in [0.05, 0.1) is 24.9 Å². The second-order valence-electron chi connectivity index (χ2n) is 6.96. The number of halogens is 1. The van der Waals surface area contributed by atoms with E-state index in [1.165, 1.54) is 17.8 Å². The Morgan fingerprint density at radius 3 is 2.85 bits per heavy atom. The average molecular weight is 358 g/mol. The van der Waals surface area contributed by atoms with E-state index in [1.807, 2.05) is 17.9 Å². The molecule has 2 amide bonds. The molecule has 0 fully saturated rings. The molecule has 1 aromatic carbocycles. The summed E-state index contributed by atoms with van der Waals surface area (Å²) in [4.78, 5) is 12.6. The zero-order valence-electron chi connectivity index (χ0n) is 14.8. The maximum absolute atomic E-state index is 13.7. The van der Waals surface area contributed by atoms with Crippen molar-refractivity contribution in [2.45, 2.75) is 44.2 Å². The molecule has 4 rings (SSSR count). The molecule has 2 N–H and O–H groups in total. The first kappa shape index (κ1) is 16.9. The molecule has 0 radical (unpaired) electrons. The van der Waals surface area contributed by atoms with Gasteiger partial charge in [0, 0.05) is 23.9 Å². The molecule has 2 heterocycles. The first-order chi connectivity index (χ1) is 12.6. The van der Waals surface area contributed by atoms with Gasteiger partial charge in [0.1, 0.15) is 11.6 Å². The summed E-state index contributed by atoms with van der Waals surface area (Å²) in [6.45, 7) is 0.570. The van der Waals surface area contributed by atoms with Gasteiger partial charge in [-0.2, -0.15) is 5.10 Å². The van der Waals surface area contributed by atoms with Crippen molar-refractivity contribution < 1.29 is 13.9 Å². The van der Waals surface area contributed by atoms with Gasteiger partial charge in [-0.25, -0.2) is 9.18 Å². The second kappa shape index (κ2) is 6.97. The smallest absolute Gasteiger partial charge is 0.315 e. The lowest BCUT2D eigenvalue weighted by Crippen LogP contribution is -2.40. The SMILES string of the molecule is Cn1ncc2c1CCC[C@H]2NC(=O)N[C@H]1CCCOc2ccc(F)cc21. The maximum atomic E-state index is 13.7. The molecule has 2 aromatic rings. The molecule has 2 aliphatic rings. The van der Waals surface area contributed by atoms with Crippen molar-refractivity contribution in [2.75, 3.05) is 6.61 Å². The number of urea groups is 1. The normalized spacial score (nSPS) is 21.8. The van der Waals surface area contributed by atoms with Crippen LogP contribution in [0.15, 0.2) is 24.4 Å². The fraction of sp³-hybridized carbons (Fsp3) is 0.474. The first-order valence-corrected chi connectivity index (χ1v) is 9.12. The van der Waals surface area contributed by atoms with E-state index in [0.717, 1.165) is 31.2 Å². The molecule has 0 saturated carbocycles. The number of carbonyl (C=O) groups is 1. The summed E-state index contributed by atoms with van der Waals surface area (Å²) in [6.07, 6.45) is 6.25. The van der Waals surface area contributed by atoms with Gasteiger partial charge in [0.25, 0.3) is 0 Å². The highest BCUT2D eigenvalue weighted by atomic mass is 19.1. The Morgan fingerprint density at radius 2 is 2.00 bits per heavy atom. The second-order valence-corrected chi connectivity index (χ2v) is 6.96. The minimum atomic E-state index is -0.325. The number of hydrogen-bond acceptors (Lipinski definition) is 3. The highest BCUT2D eigenvalue weighted by Crippen LogP contribution is 2.33. The Morgan fingerprint density at radius 1 is 1.23 bits per heavy atom. The fourth-order valence-electron chi connectivity index (χ4n) is 3.91. The van der Waals surface area contributed by atoms with Crippen LogP contribution in [0.1, 0.15) is 54.6 Å². The zero-order valence-corrected chi connectivity index (χ0v) is 14.8. The van der Waals surface area contributed by atoms with Crippen LogP contribution in [0.3, 0.4) is 0 Å². The number of aryl methyl sites for hydroxylation is 1. The van der Waals surface area contributed by atoms with E-state index in [9.17, 15) is 9.18 Å². The first-order valence-electron chi connectivity index (χ1n) is 9.12. The summed E-state index contributed by atoms with van der Waals surface area (Å²) in [6, 6.07) is 3.92. The molecule has 0 spiro atoms. The number of rotatable bonds is 2. The topological polar surface area (TPSA) is 68.2 Å². The van der Waals surface area contributed by atoms with Crippen LogP contribution in [0.4, 0.5) is 9.18 Å². The van der Waals surface area contributed by atoms with E-state index in [0.29, 0.717) is 24.3 Å². The number of amides is 2. The van der Waals surface area contributed by atoms with Crippen LogP contribution in [0, 0.1) is 5.82 Å². The number of carbonyl (C=O) groups excluding carboxylic acids is 1. The van der Waals surface area contributed by atoms with Gasteiger partial charge in [-0.15, -0.1) is 0 Å². The van der Waals surface area contributed by atoms with Crippen molar-refractivity contribution in [2.24, 2.45) is 7.05 Å². The molecule has 7 heteroatoms. The molecule has 1 aliphatic carbocycles. The highest BCUT2D eigenvalue weighted by molar-refractivity contribution is 5.75. The maximum Gasteiger partial charge on any atom is 0.315 e. The third-order valence-electron chi connectivity index (χ3n) is 5.23. The number of hydrogen-bond donors (Lipinski definition) is 2. The van der Waals surface area contributed by atoms with Crippen molar-refractivity contribution in [3.63, 3.8) is 0 Å². The molecule has 0 saturated heterocycles. The zero-order chi connectivity index (χ0) is 18.1. The van der Waals surface area contributed by atoms with Crippen LogP contribution in [-0.2, 0) is 13.5 Å². The van der Waals surface area contributed by atoms with E-state index in [-0.39, 0.29) is 23.9 Å². The molecule has 0 bridgehead atoms. The van der Waals surface area contributed by atoms with E-state index in [1.54, 1.807) is 6.07 Å². The van der Waals surface area contributed by atoms with Crippen LogP contribution in [0.2, 0.25) is 0 Å². The summed E-state index contributed by atoms with van der Waals surface area (Å²) in [5, 5.41) is 10.4. The summed E-state index contributed by atoms with van der Waals surface area (Å²) < 4.78 is 21.2. The van der Waals surface area contributed by atoms with E-state index >= 15 is 0 Å². The number of nitrogens with one attached hydrogen (secondary N) is 2. The Hall–Kier alpha value is -2.57. The third-order valence-corrected chi connectivity index (χ3v) is 5.23. The number of fused-ring (bicyclic) bond motifs is 2. The highest BCUT2D eigenvalue weighted by Gasteiger charge is 2.27. The van der Waals surface area contributed by atoms with Crippen LogP contribution >= 0.6 is 0 Å². The standard InChI is InChI=1S/C19H23FN4O2/c1-24-17-6-2-4-16(14(17)11-21-24)23-19(25)22-15-5-3-9-26-18-8-7-12(20)10-13(15)18/h7-8,10-11,15-16H,2-6,9H2,1H3,(H2,22,23,25)/t15-,16+/m0/s1. The van der Waals surface area contributed by atoms with Gasteiger partial charge in [0.15, 0.2) is 0 Å². The van der Waals surface area contributed by atoms with Crippen molar-refractivity contribution in [1.82, 2.24) is 20.4 Å². The molecule has 6 nitrogen and oxygen atoms in total. The predicted molar refractivity (Wildman–Crippen MR) is 94.4 cm³/mol. The van der Waals surface area contributed by atoms with Gasteiger partial charge < -0.3 is 15.4 Å². The Bertz CT molecular complexity index is 820. The van der Waals surface area contributed by atoms with Gasteiger partial charge in [-0.05, 0) is 50.3 Å². The number of nitrogens with zero attached hydrogens (tertiary/aromatic N) is 2. The minimum absolute atomic E-state index is 0.0403. The van der Waals surface area contributed by atoms with Crippen LogP contribution in [-0.4, -0.2) is 22.4 Å². The largest absolute Gasteiger partial charge is 0.493 e. The van der Waals surface area contributed by atoms with Crippen LogP contribution in [0.25, 0.3) is 0 Å². The van der Waals surface area contributed by atoms with Crippen LogP contribution in [0.5, 0.6) is 5.75 Å². The molecule has 0 unspecified atom stereocenters. The fourth-order valence-corrected chi connectivity index (χ4v) is 3.91. The number of ether oxygens (including phenoxy) is 1.